The van der Waals surface area contributed by atoms with Crippen molar-refractivity contribution in [3.05, 3.63) is 28.1 Å². The van der Waals surface area contributed by atoms with Crippen molar-refractivity contribution in [3.8, 4) is 17.0 Å². The predicted octanol–water partition coefficient (Wildman–Crippen LogP) is 4.27. The first-order valence-electron chi connectivity index (χ1n) is 9.62. The summed E-state index contributed by atoms with van der Waals surface area (Å²) in [5.41, 5.74) is 2.36. The zero-order valence-electron chi connectivity index (χ0n) is 16.9. The normalized spacial score (nSPS) is 17.1. The number of carbonyl (C=O) groups is 2. The fraction of sp³-hybridized carbons (Fsp3) is 0.476. The number of hydrogen-bond acceptors (Lipinski definition) is 6. The fourth-order valence-electron chi connectivity index (χ4n) is 3.31. The van der Waals surface area contributed by atoms with Gasteiger partial charge in [0.05, 0.1) is 23.0 Å². The maximum Gasteiger partial charge on any atom is 0.328 e. The van der Waals surface area contributed by atoms with Crippen LogP contribution in [0.25, 0.3) is 11.3 Å². The first-order chi connectivity index (χ1) is 13.4. The molecule has 0 N–H and O–H groups in total. The van der Waals surface area contributed by atoms with E-state index >= 15 is 0 Å². The topological polar surface area (TPSA) is 68.7 Å². The number of ether oxygens (including phenoxy) is 2. The van der Waals surface area contributed by atoms with Crippen LogP contribution in [0.3, 0.4) is 0 Å². The summed E-state index contributed by atoms with van der Waals surface area (Å²) in [6.07, 6.45) is 0.650. The van der Waals surface area contributed by atoms with E-state index in [0.717, 1.165) is 27.6 Å². The third kappa shape index (κ3) is 3.76. The fourth-order valence-corrected chi connectivity index (χ4v) is 4.15. The number of aromatic nitrogens is 1. The van der Waals surface area contributed by atoms with Crippen molar-refractivity contribution >= 4 is 28.9 Å². The molecular weight excluding hydrogens is 376 g/mol. The molecule has 0 saturated heterocycles. The van der Waals surface area contributed by atoms with Gasteiger partial charge in [0.2, 0.25) is 0 Å². The van der Waals surface area contributed by atoms with E-state index in [9.17, 15) is 9.59 Å². The van der Waals surface area contributed by atoms with Crippen molar-refractivity contribution < 1.29 is 19.1 Å². The van der Waals surface area contributed by atoms with Crippen molar-refractivity contribution in [1.29, 1.82) is 0 Å². The van der Waals surface area contributed by atoms with Crippen molar-refractivity contribution in [3.63, 3.8) is 0 Å². The second kappa shape index (κ2) is 8.31. The van der Waals surface area contributed by atoms with Gasteiger partial charge in [-0.15, -0.1) is 11.3 Å². The Morgan fingerprint density at radius 2 is 2.11 bits per heavy atom. The molecule has 28 heavy (non-hydrogen) atoms. The number of aryl methyl sites for hydroxylation is 2. The van der Waals surface area contributed by atoms with Crippen LogP contribution in [0.1, 0.15) is 43.5 Å². The van der Waals surface area contributed by atoms with Gasteiger partial charge in [0, 0.05) is 10.4 Å². The Morgan fingerprint density at radius 1 is 1.36 bits per heavy atom. The van der Waals surface area contributed by atoms with E-state index in [0.29, 0.717) is 24.5 Å². The zero-order chi connectivity index (χ0) is 20.4. The molecule has 2 unspecified atom stereocenters. The van der Waals surface area contributed by atoms with Crippen LogP contribution >= 0.6 is 11.3 Å². The molecule has 0 aliphatic carbocycles. The Balaban J connectivity index is 2.04. The highest BCUT2D eigenvalue weighted by Gasteiger charge is 2.39. The maximum absolute atomic E-state index is 13.0. The quantitative estimate of drug-likeness (QED) is 0.675. The maximum atomic E-state index is 13.0. The Bertz CT molecular complexity index is 893. The molecule has 7 heteroatoms. The molecule has 2 heterocycles. The molecule has 0 saturated carbocycles. The molecule has 1 aromatic carbocycles. The van der Waals surface area contributed by atoms with E-state index in [1.54, 1.807) is 18.3 Å². The van der Waals surface area contributed by atoms with Gasteiger partial charge in [-0.05, 0) is 51.8 Å². The summed E-state index contributed by atoms with van der Waals surface area (Å²) in [5, 5.41) is 0.983. The summed E-state index contributed by atoms with van der Waals surface area (Å²) in [4.78, 5) is 32.8. The van der Waals surface area contributed by atoms with Gasteiger partial charge < -0.3 is 9.47 Å². The smallest absolute Gasteiger partial charge is 0.328 e. The first kappa shape index (κ1) is 20.3. The van der Waals surface area contributed by atoms with Gasteiger partial charge >= 0.3 is 5.97 Å². The lowest BCUT2D eigenvalue weighted by Gasteiger charge is -2.37. The number of benzene rings is 1. The highest BCUT2D eigenvalue weighted by molar-refractivity contribution is 7.11. The second-order valence-corrected chi connectivity index (χ2v) is 8.29. The molecule has 0 bridgehead atoms. The van der Waals surface area contributed by atoms with Crippen LogP contribution in [-0.2, 0) is 14.3 Å². The molecule has 150 valence electrons. The number of amides is 1. The summed E-state index contributed by atoms with van der Waals surface area (Å²) < 4.78 is 11.2. The average molecular weight is 403 g/mol. The number of esters is 1. The first-order valence-corrected chi connectivity index (χ1v) is 10.4. The summed E-state index contributed by atoms with van der Waals surface area (Å²) in [6, 6.07) is 4.94. The van der Waals surface area contributed by atoms with Crippen molar-refractivity contribution in [2.75, 3.05) is 11.5 Å². The number of nitrogens with zero attached hydrogens (tertiary/aromatic N) is 2. The predicted molar refractivity (Wildman–Crippen MR) is 110 cm³/mol. The van der Waals surface area contributed by atoms with Crippen LogP contribution in [0.5, 0.6) is 5.75 Å². The minimum absolute atomic E-state index is 0.223. The molecule has 0 fully saturated rings. The number of carbonyl (C=O) groups excluding carboxylic acids is 2. The molecule has 1 aliphatic rings. The van der Waals surface area contributed by atoms with Crippen LogP contribution in [0, 0.1) is 13.8 Å². The van der Waals surface area contributed by atoms with Gasteiger partial charge in [-0.3, -0.25) is 9.69 Å². The van der Waals surface area contributed by atoms with Gasteiger partial charge in [0.1, 0.15) is 11.8 Å². The van der Waals surface area contributed by atoms with Crippen molar-refractivity contribution in [2.45, 2.75) is 59.6 Å². The zero-order valence-corrected chi connectivity index (χ0v) is 17.8. The molecule has 1 aromatic heterocycles. The van der Waals surface area contributed by atoms with Crippen molar-refractivity contribution in [1.82, 2.24) is 4.98 Å². The molecule has 2 atom stereocenters. The lowest BCUT2D eigenvalue weighted by atomic mass is 10.0. The van der Waals surface area contributed by atoms with E-state index in [4.69, 9.17) is 9.47 Å². The van der Waals surface area contributed by atoms with Crippen LogP contribution in [0.2, 0.25) is 0 Å². The van der Waals surface area contributed by atoms with Crippen molar-refractivity contribution in [2.24, 2.45) is 0 Å². The van der Waals surface area contributed by atoms with Gasteiger partial charge in [0.25, 0.3) is 5.91 Å². The molecule has 3 rings (SSSR count). The van der Waals surface area contributed by atoms with Gasteiger partial charge in [-0.25, -0.2) is 9.78 Å². The molecular formula is C21H26N2O4S. The number of hydrogen-bond donors (Lipinski definition) is 0. The molecule has 1 amide bonds. The SMILES string of the molecule is CCCOC(=O)C(C)N1C(=O)C(CC)Oc2ccc(-c3nc(C)sc3C)cc21. The third-order valence-electron chi connectivity index (χ3n) is 4.73. The minimum atomic E-state index is -0.732. The second-order valence-electron chi connectivity index (χ2n) is 6.89. The molecule has 6 nitrogen and oxygen atoms in total. The number of rotatable bonds is 6. The molecule has 0 spiro atoms. The number of anilines is 1. The molecule has 2 aromatic rings. The summed E-state index contributed by atoms with van der Waals surface area (Å²) in [5.74, 6) is -0.0433. The average Bonchev–Trinajstić information content (AvgIpc) is 3.02. The standard InChI is InChI=1S/C21H26N2O4S/c1-6-10-26-21(25)12(3)23-16-11-15(19-13(4)28-14(5)22-19)8-9-18(16)27-17(7-2)20(23)24/h8-9,11-12,17H,6-7,10H2,1-5H3. The van der Waals surface area contributed by atoms with Gasteiger partial charge in [-0.2, -0.15) is 0 Å². The van der Waals surface area contributed by atoms with Gasteiger partial charge in [0.15, 0.2) is 6.10 Å². The van der Waals surface area contributed by atoms with E-state index in [1.165, 1.54) is 4.90 Å². The van der Waals surface area contributed by atoms with Crippen LogP contribution in [0.15, 0.2) is 18.2 Å². The van der Waals surface area contributed by atoms with E-state index in [2.05, 4.69) is 4.98 Å². The summed E-state index contributed by atoms with van der Waals surface area (Å²) >= 11 is 1.63. The Labute approximate surface area is 169 Å². The number of thiazole rings is 1. The molecule has 0 radical (unpaired) electrons. The Morgan fingerprint density at radius 3 is 2.71 bits per heavy atom. The molecule has 1 aliphatic heterocycles. The largest absolute Gasteiger partial charge is 0.478 e. The highest BCUT2D eigenvalue weighted by Crippen LogP contribution is 2.40. The van der Waals surface area contributed by atoms with E-state index in [-0.39, 0.29) is 5.91 Å². The Hall–Kier alpha value is -2.41. The summed E-state index contributed by atoms with van der Waals surface area (Å²) in [6.45, 7) is 9.85. The van der Waals surface area contributed by atoms with E-state index in [1.807, 2.05) is 45.9 Å². The van der Waals surface area contributed by atoms with Crippen LogP contribution in [0.4, 0.5) is 5.69 Å². The lowest BCUT2D eigenvalue weighted by molar-refractivity contribution is -0.146. The van der Waals surface area contributed by atoms with Crippen LogP contribution < -0.4 is 9.64 Å². The monoisotopic (exact) mass is 402 g/mol. The van der Waals surface area contributed by atoms with Crippen LogP contribution in [-0.4, -0.2) is 35.6 Å². The number of fused-ring (bicyclic) bond motifs is 1. The minimum Gasteiger partial charge on any atom is -0.478 e. The summed E-state index contributed by atoms with van der Waals surface area (Å²) in [7, 11) is 0. The highest BCUT2D eigenvalue weighted by atomic mass is 32.1. The lowest BCUT2D eigenvalue weighted by Crippen LogP contribution is -2.52. The Kier molecular flexibility index (Phi) is 6.03. The van der Waals surface area contributed by atoms with Gasteiger partial charge in [-0.1, -0.05) is 13.8 Å². The van der Waals surface area contributed by atoms with E-state index < -0.39 is 18.1 Å². The third-order valence-corrected chi connectivity index (χ3v) is 5.61.